The molecule has 0 aliphatic heterocycles. The second kappa shape index (κ2) is 5.26. The standard InChI is InChI=1S/C6H13NO4S/c1-3-5-10-12(8,9)11-6(7)4-2/h3,6H,1,4-5,7H2,2H3. The monoisotopic (exact) mass is 195 g/mol. The zero-order valence-electron chi connectivity index (χ0n) is 6.89. The number of rotatable bonds is 6. The number of nitrogens with two attached hydrogens (primary N) is 1. The van der Waals surface area contributed by atoms with Crippen LogP contribution in [0.15, 0.2) is 12.7 Å². The van der Waals surface area contributed by atoms with E-state index in [9.17, 15) is 8.42 Å². The van der Waals surface area contributed by atoms with Gasteiger partial charge < -0.3 is 5.73 Å². The van der Waals surface area contributed by atoms with Gasteiger partial charge in [0.05, 0.1) is 6.61 Å². The molecule has 0 saturated heterocycles. The summed E-state index contributed by atoms with van der Waals surface area (Å²) in [6.45, 7) is 4.88. The Morgan fingerprint density at radius 3 is 2.67 bits per heavy atom. The summed E-state index contributed by atoms with van der Waals surface area (Å²) in [7, 11) is -3.95. The predicted octanol–water partition coefficient (Wildman–Crippen LogP) is 0.145. The molecule has 0 aromatic heterocycles. The first-order valence-electron chi connectivity index (χ1n) is 3.46. The Kier molecular flexibility index (Phi) is 5.07. The van der Waals surface area contributed by atoms with Gasteiger partial charge in [-0.05, 0) is 6.42 Å². The van der Waals surface area contributed by atoms with E-state index in [1.54, 1.807) is 6.92 Å². The largest absolute Gasteiger partial charge is 0.401 e. The van der Waals surface area contributed by atoms with Crippen LogP contribution in [0, 0.1) is 0 Å². The molecule has 72 valence electrons. The molecule has 6 heteroatoms. The van der Waals surface area contributed by atoms with Crippen LogP contribution in [0.5, 0.6) is 0 Å². The van der Waals surface area contributed by atoms with Crippen LogP contribution in [0.25, 0.3) is 0 Å². The topological polar surface area (TPSA) is 78.6 Å². The van der Waals surface area contributed by atoms with Gasteiger partial charge in [-0.25, -0.2) is 8.37 Å². The van der Waals surface area contributed by atoms with Crippen molar-refractivity contribution < 1.29 is 16.8 Å². The third-order valence-corrected chi connectivity index (χ3v) is 1.88. The van der Waals surface area contributed by atoms with E-state index in [0.717, 1.165) is 0 Å². The summed E-state index contributed by atoms with van der Waals surface area (Å²) in [6.07, 6.45) is 0.856. The fourth-order valence-corrected chi connectivity index (χ4v) is 1.14. The first-order valence-corrected chi connectivity index (χ1v) is 4.79. The zero-order valence-corrected chi connectivity index (χ0v) is 7.71. The Bertz CT molecular complexity index is 224. The highest BCUT2D eigenvalue weighted by Gasteiger charge is 2.14. The van der Waals surface area contributed by atoms with Crippen LogP contribution in [0.1, 0.15) is 13.3 Å². The lowest BCUT2D eigenvalue weighted by molar-refractivity contribution is 0.164. The van der Waals surface area contributed by atoms with Crippen molar-refractivity contribution in [1.82, 2.24) is 0 Å². The highest BCUT2D eigenvalue weighted by Crippen LogP contribution is 2.00. The second-order valence-electron chi connectivity index (χ2n) is 2.02. The summed E-state index contributed by atoms with van der Waals surface area (Å²) in [4.78, 5) is 0. The first-order chi connectivity index (χ1) is 5.52. The van der Waals surface area contributed by atoms with Crippen LogP contribution in [0.2, 0.25) is 0 Å². The minimum atomic E-state index is -3.95. The van der Waals surface area contributed by atoms with Gasteiger partial charge in [-0.1, -0.05) is 13.0 Å². The Labute approximate surface area is 72.5 Å². The molecule has 1 unspecified atom stereocenters. The molecule has 1 atom stereocenters. The van der Waals surface area contributed by atoms with E-state index in [1.165, 1.54) is 6.08 Å². The van der Waals surface area contributed by atoms with Crippen LogP contribution in [0.4, 0.5) is 0 Å². The van der Waals surface area contributed by atoms with E-state index in [2.05, 4.69) is 14.9 Å². The maximum Gasteiger partial charge on any atom is 0.401 e. The van der Waals surface area contributed by atoms with Crippen molar-refractivity contribution in [2.75, 3.05) is 6.61 Å². The molecule has 0 bridgehead atoms. The van der Waals surface area contributed by atoms with Gasteiger partial charge in [0.15, 0.2) is 0 Å². The van der Waals surface area contributed by atoms with Gasteiger partial charge >= 0.3 is 10.4 Å². The fraction of sp³-hybridized carbons (Fsp3) is 0.667. The van der Waals surface area contributed by atoms with E-state index in [4.69, 9.17) is 5.73 Å². The van der Waals surface area contributed by atoms with E-state index < -0.39 is 16.6 Å². The van der Waals surface area contributed by atoms with Crippen LogP contribution in [0.3, 0.4) is 0 Å². The van der Waals surface area contributed by atoms with Crippen molar-refractivity contribution in [1.29, 1.82) is 0 Å². The van der Waals surface area contributed by atoms with Crippen LogP contribution < -0.4 is 5.73 Å². The predicted molar refractivity (Wildman–Crippen MR) is 44.4 cm³/mol. The molecular formula is C6H13NO4S. The first kappa shape index (κ1) is 11.6. The minimum Gasteiger partial charge on any atom is -0.305 e. The molecule has 0 saturated carbocycles. The molecule has 0 aliphatic rings. The minimum absolute atomic E-state index is 0.112. The van der Waals surface area contributed by atoms with Crippen LogP contribution in [-0.2, 0) is 18.8 Å². The summed E-state index contributed by atoms with van der Waals surface area (Å²) in [6, 6.07) is 0. The lowest BCUT2D eigenvalue weighted by Crippen LogP contribution is -2.27. The van der Waals surface area contributed by atoms with Gasteiger partial charge in [0.25, 0.3) is 0 Å². The summed E-state index contributed by atoms with van der Waals surface area (Å²) >= 11 is 0. The fourth-order valence-electron chi connectivity index (χ4n) is 0.379. The quantitative estimate of drug-likeness (QED) is 0.482. The number of hydrogen-bond acceptors (Lipinski definition) is 5. The third kappa shape index (κ3) is 5.25. The van der Waals surface area contributed by atoms with Gasteiger partial charge in [0.2, 0.25) is 0 Å². The van der Waals surface area contributed by atoms with E-state index >= 15 is 0 Å². The van der Waals surface area contributed by atoms with Gasteiger partial charge in [0, 0.05) is 0 Å². The van der Waals surface area contributed by atoms with Crippen molar-refractivity contribution in [3.8, 4) is 0 Å². The summed E-state index contributed by atoms with van der Waals surface area (Å²) in [5.41, 5.74) is 5.22. The Morgan fingerprint density at radius 2 is 2.25 bits per heavy atom. The average Bonchev–Trinajstić information content (AvgIpc) is 2.00. The van der Waals surface area contributed by atoms with E-state index in [1.807, 2.05) is 0 Å². The molecule has 5 nitrogen and oxygen atoms in total. The second-order valence-corrected chi connectivity index (χ2v) is 3.27. The van der Waals surface area contributed by atoms with E-state index in [0.29, 0.717) is 6.42 Å². The molecule has 0 amide bonds. The van der Waals surface area contributed by atoms with Gasteiger partial charge in [-0.2, -0.15) is 8.42 Å². The third-order valence-electron chi connectivity index (χ3n) is 0.974. The summed E-state index contributed by atoms with van der Waals surface area (Å²) < 4.78 is 30.2. The molecule has 2 N–H and O–H groups in total. The van der Waals surface area contributed by atoms with Crippen molar-refractivity contribution >= 4 is 10.4 Å². The van der Waals surface area contributed by atoms with Crippen LogP contribution in [-0.4, -0.2) is 21.3 Å². The SMILES string of the molecule is C=CCOS(=O)(=O)OC(N)CC. The van der Waals surface area contributed by atoms with Crippen molar-refractivity contribution in [3.05, 3.63) is 12.7 Å². The zero-order chi connectivity index (χ0) is 9.61. The highest BCUT2D eigenvalue weighted by atomic mass is 32.3. The maximum absolute atomic E-state index is 10.8. The van der Waals surface area contributed by atoms with E-state index in [-0.39, 0.29) is 6.61 Å². The lowest BCUT2D eigenvalue weighted by Gasteiger charge is -2.08. The smallest absolute Gasteiger partial charge is 0.305 e. The molecule has 0 radical (unpaired) electrons. The van der Waals surface area contributed by atoms with Crippen molar-refractivity contribution in [2.45, 2.75) is 19.6 Å². The lowest BCUT2D eigenvalue weighted by atomic mass is 10.5. The van der Waals surface area contributed by atoms with Gasteiger partial charge in [-0.3, -0.25) is 0 Å². The Hall–Kier alpha value is -0.430. The molecule has 0 aromatic carbocycles. The van der Waals surface area contributed by atoms with Gasteiger partial charge in [0.1, 0.15) is 6.23 Å². The summed E-state index contributed by atoms with van der Waals surface area (Å²) in [5, 5.41) is 0. The van der Waals surface area contributed by atoms with Gasteiger partial charge in [-0.15, -0.1) is 6.58 Å². The molecule has 0 aliphatic carbocycles. The normalized spacial score (nSPS) is 14.2. The Morgan fingerprint density at radius 1 is 1.67 bits per heavy atom. The molecule has 12 heavy (non-hydrogen) atoms. The highest BCUT2D eigenvalue weighted by molar-refractivity contribution is 7.81. The average molecular weight is 195 g/mol. The molecule has 0 rings (SSSR count). The summed E-state index contributed by atoms with van der Waals surface area (Å²) in [5.74, 6) is 0. The Balaban J connectivity index is 3.95. The molecule has 0 fully saturated rings. The molecule has 0 aromatic rings. The number of hydrogen-bond donors (Lipinski definition) is 1. The van der Waals surface area contributed by atoms with Crippen molar-refractivity contribution in [2.24, 2.45) is 5.73 Å². The molecule has 0 spiro atoms. The molecular weight excluding hydrogens is 182 g/mol. The molecule has 0 heterocycles. The van der Waals surface area contributed by atoms with Crippen LogP contribution >= 0.6 is 0 Å². The van der Waals surface area contributed by atoms with Crippen molar-refractivity contribution in [3.63, 3.8) is 0 Å². The maximum atomic E-state index is 10.8.